The topological polar surface area (TPSA) is 62.4 Å². The second-order valence-corrected chi connectivity index (χ2v) is 8.06. The van der Waals surface area contributed by atoms with Crippen LogP contribution < -0.4 is 4.18 Å². The first-order chi connectivity index (χ1) is 10.5. The number of nitrogens with one attached hydrogen (secondary N) is 1. The van der Waals surface area contributed by atoms with E-state index < -0.39 is 10.1 Å². The van der Waals surface area contributed by atoms with Gasteiger partial charge in [-0.1, -0.05) is 0 Å². The quantitative estimate of drug-likeness (QED) is 0.882. The molecule has 6 heteroatoms. The van der Waals surface area contributed by atoms with Crippen molar-refractivity contribution in [3.05, 3.63) is 30.0 Å². The van der Waals surface area contributed by atoms with Crippen molar-refractivity contribution in [3.8, 4) is 5.75 Å². The highest BCUT2D eigenvalue weighted by molar-refractivity contribution is 7.86. The average molecular weight is 320 g/mol. The fourth-order valence-electron chi connectivity index (χ4n) is 3.97. The molecule has 0 saturated carbocycles. The summed E-state index contributed by atoms with van der Waals surface area (Å²) in [7, 11) is -3.49. The van der Waals surface area contributed by atoms with Gasteiger partial charge < -0.3 is 14.1 Å². The number of nitrogens with zero attached hydrogens (tertiary/aromatic N) is 1. The molecule has 1 aromatic heterocycles. The first-order valence-corrected chi connectivity index (χ1v) is 9.54. The summed E-state index contributed by atoms with van der Waals surface area (Å²) in [5.41, 5.74) is 2.33. The lowest BCUT2D eigenvalue weighted by Crippen LogP contribution is -2.46. The largest absolute Gasteiger partial charge is 0.383 e. The molecule has 3 saturated heterocycles. The average Bonchev–Trinajstić information content (AvgIpc) is 2.89. The highest BCUT2D eigenvalue weighted by atomic mass is 32.2. The lowest BCUT2D eigenvalue weighted by atomic mass is 9.75. The molecule has 4 heterocycles. The first-order valence-electron chi connectivity index (χ1n) is 7.72. The molecule has 3 fully saturated rings. The van der Waals surface area contributed by atoms with E-state index in [4.69, 9.17) is 4.18 Å². The third-order valence-corrected chi connectivity index (χ3v) is 5.48. The Bertz CT molecular complexity index is 804. The maximum atomic E-state index is 11.3. The molecule has 0 radical (unpaired) electrons. The minimum atomic E-state index is -3.49. The Morgan fingerprint density at radius 2 is 2.05 bits per heavy atom. The summed E-state index contributed by atoms with van der Waals surface area (Å²) in [6, 6.07) is 5.43. The highest BCUT2D eigenvalue weighted by Gasteiger charge is 2.36. The van der Waals surface area contributed by atoms with Gasteiger partial charge in [0.15, 0.2) is 0 Å². The standard InChI is InChI=1S/C16H20N2O3S/c1-22(19,20)21-12-2-3-16-13(8-12)14(9-17-16)15-10-18-6-4-11(15)5-7-18/h2-3,8-9,11,15,17H,4-7,10H2,1H3. The summed E-state index contributed by atoms with van der Waals surface area (Å²) >= 11 is 0. The molecule has 3 aliphatic rings. The second-order valence-electron chi connectivity index (χ2n) is 6.48. The molecule has 5 nitrogen and oxygen atoms in total. The molecule has 22 heavy (non-hydrogen) atoms. The predicted molar refractivity (Wildman–Crippen MR) is 85.7 cm³/mol. The number of H-pyrrole nitrogens is 1. The molecule has 2 aromatic rings. The summed E-state index contributed by atoms with van der Waals surface area (Å²) < 4.78 is 27.7. The van der Waals surface area contributed by atoms with Crippen molar-refractivity contribution in [1.82, 2.24) is 9.88 Å². The number of rotatable bonds is 3. The van der Waals surface area contributed by atoms with Gasteiger partial charge in [-0.25, -0.2) is 0 Å². The monoisotopic (exact) mass is 320 g/mol. The minimum Gasteiger partial charge on any atom is -0.383 e. The summed E-state index contributed by atoms with van der Waals surface area (Å²) in [4.78, 5) is 5.84. The number of aromatic nitrogens is 1. The molecule has 5 rings (SSSR count). The number of piperidine rings is 3. The normalized spacial score (nSPS) is 28.1. The van der Waals surface area contributed by atoms with Crippen molar-refractivity contribution >= 4 is 21.0 Å². The van der Waals surface area contributed by atoms with Crippen LogP contribution in [0.4, 0.5) is 0 Å². The van der Waals surface area contributed by atoms with E-state index in [-0.39, 0.29) is 0 Å². The molecule has 0 amide bonds. The Morgan fingerprint density at radius 1 is 1.27 bits per heavy atom. The van der Waals surface area contributed by atoms with Crippen LogP contribution in [0.25, 0.3) is 10.9 Å². The maximum Gasteiger partial charge on any atom is 0.306 e. The molecule has 1 unspecified atom stereocenters. The lowest BCUT2D eigenvalue weighted by Gasteiger charge is -2.44. The van der Waals surface area contributed by atoms with Gasteiger partial charge in [-0.3, -0.25) is 0 Å². The number of fused-ring (bicyclic) bond motifs is 4. The van der Waals surface area contributed by atoms with E-state index >= 15 is 0 Å². The van der Waals surface area contributed by atoms with Crippen molar-refractivity contribution in [1.29, 1.82) is 0 Å². The summed E-state index contributed by atoms with van der Waals surface area (Å²) in [6.45, 7) is 3.53. The zero-order valence-electron chi connectivity index (χ0n) is 12.6. The molecule has 1 atom stereocenters. The number of hydrogen-bond donors (Lipinski definition) is 1. The minimum absolute atomic E-state index is 0.386. The summed E-state index contributed by atoms with van der Waals surface area (Å²) in [5.74, 6) is 1.66. The van der Waals surface area contributed by atoms with E-state index in [1.54, 1.807) is 6.07 Å². The maximum absolute atomic E-state index is 11.3. The van der Waals surface area contributed by atoms with E-state index in [0.717, 1.165) is 29.6 Å². The summed E-state index contributed by atoms with van der Waals surface area (Å²) in [6.07, 6.45) is 5.68. The number of hydrogen-bond acceptors (Lipinski definition) is 4. The first kappa shape index (κ1) is 14.1. The van der Waals surface area contributed by atoms with Crippen LogP contribution in [0.5, 0.6) is 5.75 Å². The van der Waals surface area contributed by atoms with Gasteiger partial charge >= 0.3 is 10.1 Å². The SMILES string of the molecule is CS(=O)(=O)Oc1ccc2[nH]cc(C3CN4CCC3CC4)c2c1. The molecular formula is C16H20N2O3S. The molecule has 2 bridgehead atoms. The van der Waals surface area contributed by atoms with E-state index in [2.05, 4.69) is 16.1 Å². The predicted octanol–water partition coefficient (Wildman–Crippen LogP) is 2.32. The van der Waals surface area contributed by atoms with Gasteiger partial charge in [-0.05, 0) is 55.6 Å². The highest BCUT2D eigenvalue weighted by Crippen LogP contribution is 2.41. The van der Waals surface area contributed by atoms with Crippen LogP contribution in [-0.4, -0.2) is 44.2 Å². The molecular weight excluding hydrogens is 300 g/mol. The van der Waals surface area contributed by atoms with Gasteiger partial charge in [0.1, 0.15) is 5.75 Å². The van der Waals surface area contributed by atoms with Gasteiger partial charge in [-0.2, -0.15) is 8.42 Å². The van der Waals surface area contributed by atoms with E-state index in [1.807, 2.05) is 12.1 Å². The van der Waals surface area contributed by atoms with Gasteiger partial charge in [0.25, 0.3) is 0 Å². The fraction of sp³-hybridized carbons (Fsp3) is 0.500. The van der Waals surface area contributed by atoms with Crippen LogP contribution in [0.15, 0.2) is 24.4 Å². The lowest BCUT2D eigenvalue weighted by molar-refractivity contribution is 0.0876. The van der Waals surface area contributed by atoms with Crippen LogP contribution in [0.3, 0.4) is 0 Å². The Hall–Kier alpha value is -1.53. The Morgan fingerprint density at radius 3 is 2.68 bits per heavy atom. The van der Waals surface area contributed by atoms with Crippen LogP contribution in [0, 0.1) is 5.92 Å². The third-order valence-electron chi connectivity index (χ3n) is 4.99. The number of aromatic amines is 1. The molecule has 0 aliphatic carbocycles. The van der Waals surface area contributed by atoms with Gasteiger partial charge in [0, 0.05) is 29.6 Å². The van der Waals surface area contributed by atoms with Crippen molar-refractivity contribution < 1.29 is 12.6 Å². The summed E-state index contributed by atoms with van der Waals surface area (Å²) in [5, 5.41) is 1.08. The van der Waals surface area contributed by atoms with Gasteiger partial charge in [0.2, 0.25) is 0 Å². The molecule has 0 spiro atoms. The van der Waals surface area contributed by atoms with Crippen molar-refractivity contribution in [2.24, 2.45) is 5.92 Å². The molecule has 1 aromatic carbocycles. The zero-order valence-corrected chi connectivity index (χ0v) is 13.4. The Balaban J connectivity index is 1.73. The third kappa shape index (κ3) is 2.50. The Labute approximate surface area is 130 Å². The molecule has 118 valence electrons. The molecule has 1 N–H and O–H groups in total. The van der Waals surface area contributed by atoms with E-state index in [9.17, 15) is 8.42 Å². The van der Waals surface area contributed by atoms with Crippen LogP contribution in [-0.2, 0) is 10.1 Å². The van der Waals surface area contributed by atoms with Crippen molar-refractivity contribution in [2.75, 3.05) is 25.9 Å². The van der Waals surface area contributed by atoms with Gasteiger partial charge in [0.05, 0.1) is 6.26 Å². The fourth-order valence-corrected chi connectivity index (χ4v) is 4.43. The molecule has 3 aliphatic heterocycles. The second kappa shape index (κ2) is 4.99. The zero-order chi connectivity index (χ0) is 15.3. The van der Waals surface area contributed by atoms with Crippen LogP contribution >= 0.6 is 0 Å². The van der Waals surface area contributed by atoms with Crippen LogP contribution in [0.1, 0.15) is 24.3 Å². The van der Waals surface area contributed by atoms with E-state index in [1.165, 1.54) is 31.5 Å². The Kier molecular flexibility index (Phi) is 3.20. The van der Waals surface area contributed by atoms with Gasteiger partial charge in [-0.15, -0.1) is 0 Å². The van der Waals surface area contributed by atoms with Crippen molar-refractivity contribution in [2.45, 2.75) is 18.8 Å². The number of benzene rings is 1. The van der Waals surface area contributed by atoms with Crippen LogP contribution in [0.2, 0.25) is 0 Å². The van der Waals surface area contributed by atoms with E-state index in [0.29, 0.717) is 11.7 Å². The van der Waals surface area contributed by atoms with Crippen molar-refractivity contribution in [3.63, 3.8) is 0 Å². The smallest absolute Gasteiger partial charge is 0.306 e.